The molecule has 228 valence electrons. The van der Waals surface area contributed by atoms with E-state index in [0.717, 1.165) is 15.9 Å². The van der Waals surface area contributed by atoms with Crippen molar-refractivity contribution in [3.8, 4) is 11.1 Å². The minimum atomic E-state index is -0.826. The van der Waals surface area contributed by atoms with Gasteiger partial charge < -0.3 is 0 Å². The normalized spacial score (nSPS) is 11.6. The Hall–Kier alpha value is -1.44. The molecule has 1 unspecified atom stereocenters. The predicted octanol–water partition coefficient (Wildman–Crippen LogP) is 13.4. The fraction of sp³-hybridized carbons (Fsp3) is 0.385. The first-order valence-electron chi connectivity index (χ1n) is 15.5. The van der Waals surface area contributed by atoms with E-state index in [1.54, 1.807) is 0 Å². The second-order valence-electron chi connectivity index (χ2n) is 12.5. The van der Waals surface area contributed by atoms with Gasteiger partial charge in [-0.3, -0.25) is 0 Å². The first-order valence-corrected chi connectivity index (χ1v) is 23.8. The third-order valence-corrected chi connectivity index (χ3v) is 7.90. The Morgan fingerprint density at radius 2 is 1.35 bits per heavy atom. The number of fused-ring (bicyclic) bond motifs is 2. The van der Waals surface area contributed by atoms with E-state index in [0.29, 0.717) is 11.8 Å². The van der Waals surface area contributed by atoms with Gasteiger partial charge in [-0.1, -0.05) is 122 Å². The van der Waals surface area contributed by atoms with Crippen LogP contribution >= 0.6 is 17.0 Å². The van der Waals surface area contributed by atoms with Gasteiger partial charge in [0.25, 0.3) is 0 Å². The molecular weight excluding hydrogens is 659 g/mol. The van der Waals surface area contributed by atoms with Crippen molar-refractivity contribution < 1.29 is 20.8 Å². The Bertz CT molecular complexity index is 1500. The second kappa shape index (κ2) is 18.5. The van der Waals surface area contributed by atoms with Crippen molar-refractivity contribution in [3.63, 3.8) is 0 Å². The van der Waals surface area contributed by atoms with E-state index in [-0.39, 0.29) is 5.41 Å². The molecule has 0 bridgehead atoms. The number of rotatable bonds is 5. The number of hydrogen-bond acceptors (Lipinski definition) is 0. The quantitative estimate of drug-likeness (QED) is 0.126. The SMILES string of the molecule is CCC(C)c1cccc2[cH-]c(C(C)C)cc12.CCc1cc2c(-c3ccc(C(C)(C)C)cc3)cccc2[cH-]1.C[Si]C.[Cl][Zr+2][Cl]. The van der Waals surface area contributed by atoms with Crippen LogP contribution in [0.25, 0.3) is 32.7 Å². The van der Waals surface area contributed by atoms with Crippen molar-refractivity contribution in [2.24, 2.45) is 0 Å². The number of halogens is 2. The van der Waals surface area contributed by atoms with Crippen LogP contribution < -0.4 is 0 Å². The van der Waals surface area contributed by atoms with E-state index in [2.05, 4.69) is 153 Å². The number of aryl methyl sites for hydroxylation is 1. The molecule has 0 saturated carbocycles. The first kappa shape index (κ1) is 37.7. The van der Waals surface area contributed by atoms with Gasteiger partial charge in [-0.15, -0.1) is 69.1 Å². The minimum absolute atomic E-state index is 0.209. The van der Waals surface area contributed by atoms with Gasteiger partial charge in [-0.05, 0) is 34.8 Å². The van der Waals surface area contributed by atoms with Crippen LogP contribution in [0.15, 0.2) is 84.9 Å². The summed E-state index contributed by atoms with van der Waals surface area (Å²) in [5, 5.41) is 5.59. The van der Waals surface area contributed by atoms with E-state index >= 15 is 0 Å². The van der Waals surface area contributed by atoms with Gasteiger partial charge in [-0.2, -0.15) is 12.1 Å². The van der Waals surface area contributed by atoms with Gasteiger partial charge in [0.15, 0.2) is 0 Å². The van der Waals surface area contributed by atoms with Crippen LogP contribution in [-0.2, 0) is 32.7 Å². The van der Waals surface area contributed by atoms with Gasteiger partial charge in [0.2, 0.25) is 0 Å². The predicted molar refractivity (Wildman–Crippen MR) is 195 cm³/mol. The molecule has 0 saturated heterocycles. The summed E-state index contributed by atoms with van der Waals surface area (Å²) < 4.78 is 0. The van der Waals surface area contributed by atoms with Crippen molar-refractivity contribution in [2.45, 2.75) is 98.6 Å². The molecule has 5 aromatic carbocycles. The summed E-state index contributed by atoms with van der Waals surface area (Å²) in [6.45, 7) is 22.4. The molecule has 0 spiro atoms. The number of benzene rings is 3. The summed E-state index contributed by atoms with van der Waals surface area (Å²) in [6, 6.07) is 31.7. The van der Waals surface area contributed by atoms with Gasteiger partial charge in [0.05, 0.1) is 0 Å². The summed E-state index contributed by atoms with van der Waals surface area (Å²) in [7, 11) is 11.0. The molecule has 0 aliphatic rings. The van der Waals surface area contributed by atoms with Gasteiger partial charge in [0, 0.05) is 9.52 Å². The van der Waals surface area contributed by atoms with E-state index in [4.69, 9.17) is 17.0 Å². The molecule has 0 aromatic heterocycles. The molecule has 4 heteroatoms. The third kappa shape index (κ3) is 10.8. The van der Waals surface area contributed by atoms with Gasteiger partial charge in [0.1, 0.15) is 0 Å². The van der Waals surface area contributed by atoms with Crippen molar-refractivity contribution >= 4 is 48.1 Å². The van der Waals surface area contributed by atoms with Crippen LogP contribution in [0.4, 0.5) is 0 Å². The summed E-state index contributed by atoms with van der Waals surface area (Å²) >= 11 is -0.826. The molecule has 1 atom stereocenters. The van der Waals surface area contributed by atoms with Crippen LogP contribution in [-0.4, -0.2) is 9.52 Å². The molecule has 0 amide bonds. The molecule has 0 fully saturated rings. The Morgan fingerprint density at radius 1 is 0.791 bits per heavy atom. The Morgan fingerprint density at radius 3 is 1.86 bits per heavy atom. The zero-order valence-corrected chi connectivity index (χ0v) is 32.9. The van der Waals surface area contributed by atoms with Crippen LogP contribution in [0.3, 0.4) is 0 Å². The molecular formula is C39H50Cl2SiZr. The molecule has 0 nitrogen and oxygen atoms in total. The van der Waals surface area contributed by atoms with Crippen LogP contribution in [0.5, 0.6) is 0 Å². The fourth-order valence-electron chi connectivity index (χ4n) is 5.17. The zero-order chi connectivity index (χ0) is 32.2. The summed E-state index contributed by atoms with van der Waals surface area (Å²) in [4.78, 5) is 0. The summed E-state index contributed by atoms with van der Waals surface area (Å²) in [6.07, 6.45) is 2.30. The average Bonchev–Trinajstić information content (AvgIpc) is 3.62. The fourth-order valence-corrected chi connectivity index (χ4v) is 5.17. The topological polar surface area (TPSA) is 0 Å². The summed E-state index contributed by atoms with van der Waals surface area (Å²) in [5.74, 6) is 1.28. The Balaban J connectivity index is 0.000000260. The van der Waals surface area contributed by atoms with E-state index in [1.165, 1.54) is 61.3 Å². The van der Waals surface area contributed by atoms with Gasteiger partial charge in [-0.25, -0.2) is 0 Å². The maximum absolute atomic E-state index is 4.93. The molecule has 5 rings (SSSR count). The first-order chi connectivity index (χ1) is 20.4. The molecule has 0 N–H and O–H groups in total. The summed E-state index contributed by atoms with van der Waals surface area (Å²) in [5.41, 5.74) is 8.63. The van der Waals surface area contributed by atoms with Crippen molar-refractivity contribution in [1.29, 1.82) is 0 Å². The zero-order valence-electron chi connectivity index (χ0n) is 27.9. The molecule has 0 aliphatic heterocycles. The Kier molecular flexibility index (Phi) is 16.2. The van der Waals surface area contributed by atoms with E-state index in [1.807, 2.05) is 0 Å². The van der Waals surface area contributed by atoms with Crippen LogP contribution in [0.1, 0.15) is 95.9 Å². The standard InChI is InChI=1S/C21H23.C16H21.C2H6Si.2ClH.Zr/c1-5-15-13-17-7-6-8-19(20(17)14-15)16-9-11-18(12-10-16)21(2,3)4;1-5-12(4)15-8-6-7-13-9-14(11(2)3)10-16(13)15;1-3-2;;;/h6-14H,5H2,1-4H3;6-12H,5H2,1-4H3;1-2H3;2*1H;/q2*-1;;;;+4/p-2. The Labute approximate surface area is 283 Å². The van der Waals surface area contributed by atoms with E-state index < -0.39 is 20.8 Å². The monoisotopic (exact) mass is 706 g/mol. The van der Waals surface area contributed by atoms with Crippen molar-refractivity contribution in [2.75, 3.05) is 0 Å². The number of hydrogen-bond donors (Lipinski definition) is 0. The molecule has 43 heavy (non-hydrogen) atoms. The molecule has 0 heterocycles. The van der Waals surface area contributed by atoms with Crippen LogP contribution in [0, 0.1) is 0 Å². The van der Waals surface area contributed by atoms with Crippen molar-refractivity contribution in [3.05, 3.63) is 107 Å². The van der Waals surface area contributed by atoms with E-state index in [9.17, 15) is 0 Å². The average molecular weight is 709 g/mol. The van der Waals surface area contributed by atoms with Gasteiger partial charge >= 0.3 is 37.9 Å². The van der Waals surface area contributed by atoms with Crippen LogP contribution in [0.2, 0.25) is 13.1 Å². The van der Waals surface area contributed by atoms with Crippen molar-refractivity contribution in [1.82, 2.24) is 0 Å². The second-order valence-corrected chi connectivity index (χ2v) is 17.3. The molecule has 2 radical (unpaired) electrons. The maximum atomic E-state index is 4.93. The molecule has 0 aliphatic carbocycles. The third-order valence-electron chi connectivity index (χ3n) is 7.90. The molecule has 5 aromatic rings.